The molecule has 0 heterocycles. The second-order valence-electron chi connectivity index (χ2n) is 5.62. The van der Waals surface area contributed by atoms with Gasteiger partial charge < -0.3 is 11.1 Å². The molecule has 1 aliphatic carbocycles. The van der Waals surface area contributed by atoms with Gasteiger partial charge in [0.25, 0.3) is 0 Å². The lowest BCUT2D eigenvalue weighted by atomic mass is 9.81. The Kier molecular flexibility index (Phi) is 5.86. The molecule has 0 saturated heterocycles. The number of amides is 1. The summed E-state index contributed by atoms with van der Waals surface area (Å²) in [6, 6.07) is 7.77. The molecule has 1 aliphatic rings. The van der Waals surface area contributed by atoms with Gasteiger partial charge in [0.2, 0.25) is 5.91 Å². The van der Waals surface area contributed by atoms with Gasteiger partial charge >= 0.3 is 0 Å². The number of carbonyl (C=O) groups excluding carboxylic acids is 1. The Morgan fingerprint density at radius 1 is 1.20 bits per heavy atom. The molecule has 0 aromatic heterocycles. The molecule has 0 spiro atoms. The van der Waals surface area contributed by atoms with Crippen LogP contribution in [0.25, 0.3) is 0 Å². The summed E-state index contributed by atoms with van der Waals surface area (Å²) in [5, 5.41) is 3.79. The van der Waals surface area contributed by atoms with E-state index in [-0.39, 0.29) is 11.8 Å². The van der Waals surface area contributed by atoms with Crippen LogP contribution in [-0.4, -0.2) is 19.0 Å². The van der Waals surface area contributed by atoms with Gasteiger partial charge in [0.15, 0.2) is 0 Å². The fraction of sp³-hybridized carbons (Fsp3) is 0.562. The lowest BCUT2D eigenvalue weighted by Gasteiger charge is -2.26. The van der Waals surface area contributed by atoms with Crippen molar-refractivity contribution < 1.29 is 4.79 Å². The second-order valence-corrected chi connectivity index (χ2v) is 6.06. The largest absolute Gasteiger partial charge is 0.356 e. The molecular weight excluding hydrogens is 272 g/mol. The van der Waals surface area contributed by atoms with Crippen LogP contribution in [0.4, 0.5) is 0 Å². The van der Waals surface area contributed by atoms with E-state index >= 15 is 0 Å². The molecule has 1 aromatic rings. The third-order valence-corrected chi connectivity index (χ3v) is 4.43. The van der Waals surface area contributed by atoms with Crippen LogP contribution < -0.4 is 11.1 Å². The van der Waals surface area contributed by atoms with Crippen molar-refractivity contribution in [2.24, 2.45) is 17.6 Å². The van der Waals surface area contributed by atoms with Crippen molar-refractivity contribution in [3.8, 4) is 0 Å². The molecule has 2 rings (SSSR count). The van der Waals surface area contributed by atoms with Crippen molar-refractivity contribution in [2.45, 2.75) is 32.1 Å². The highest BCUT2D eigenvalue weighted by molar-refractivity contribution is 6.30. The van der Waals surface area contributed by atoms with Gasteiger partial charge in [-0.05, 0) is 62.3 Å². The topological polar surface area (TPSA) is 55.1 Å². The summed E-state index contributed by atoms with van der Waals surface area (Å²) < 4.78 is 0. The van der Waals surface area contributed by atoms with Crippen molar-refractivity contribution in [2.75, 3.05) is 13.1 Å². The highest BCUT2D eigenvalue weighted by atomic mass is 35.5. The van der Waals surface area contributed by atoms with Gasteiger partial charge in [-0.15, -0.1) is 0 Å². The number of nitrogens with two attached hydrogens (primary N) is 1. The molecule has 1 aromatic carbocycles. The molecule has 0 aliphatic heterocycles. The Morgan fingerprint density at radius 3 is 2.45 bits per heavy atom. The number of hydrogen-bond acceptors (Lipinski definition) is 2. The molecule has 0 radical (unpaired) electrons. The summed E-state index contributed by atoms with van der Waals surface area (Å²) in [7, 11) is 0. The molecule has 1 amide bonds. The van der Waals surface area contributed by atoms with E-state index in [2.05, 4.69) is 5.32 Å². The average molecular weight is 295 g/mol. The van der Waals surface area contributed by atoms with Gasteiger partial charge in [-0.25, -0.2) is 0 Å². The van der Waals surface area contributed by atoms with Crippen LogP contribution in [0.5, 0.6) is 0 Å². The molecule has 4 heteroatoms. The molecule has 1 fully saturated rings. The zero-order valence-electron chi connectivity index (χ0n) is 11.8. The Morgan fingerprint density at radius 2 is 1.85 bits per heavy atom. The number of carbonyl (C=O) groups is 1. The van der Waals surface area contributed by atoms with Gasteiger partial charge in [-0.2, -0.15) is 0 Å². The maximum Gasteiger partial charge on any atom is 0.223 e. The maximum absolute atomic E-state index is 12.1. The van der Waals surface area contributed by atoms with E-state index in [1.165, 1.54) is 5.56 Å². The predicted octanol–water partition coefficient (Wildman–Crippen LogP) is 2.76. The third-order valence-electron chi connectivity index (χ3n) is 4.18. The Balaban J connectivity index is 1.69. The minimum absolute atomic E-state index is 0.183. The van der Waals surface area contributed by atoms with E-state index in [9.17, 15) is 4.79 Å². The first-order valence-electron chi connectivity index (χ1n) is 7.41. The number of nitrogens with one attached hydrogen (secondary N) is 1. The molecule has 0 atom stereocenters. The molecule has 0 unspecified atom stereocenters. The van der Waals surface area contributed by atoms with Gasteiger partial charge in [-0.3, -0.25) is 4.79 Å². The number of benzene rings is 1. The highest BCUT2D eigenvalue weighted by Gasteiger charge is 2.25. The maximum atomic E-state index is 12.1. The van der Waals surface area contributed by atoms with Crippen molar-refractivity contribution in [3.63, 3.8) is 0 Å². The van der Waals surface area contributed by atoms with E-state index in [0.29, 0.717) is 12.5 Å². The summed E-state index contributed by atoms with van der Waals surface area (Å²) in [5.41, 5.74) is 6.87. The second kappa shape index (κ2) is 7.65. The average Bonchev–Trinajstić information content (AvgIpc) is 2.49. The normalized spacial score (nSPS) is 22.5. The summed E-state index contributed by atoms with van der Waals surface area (Å²) in [4.78, 5) is 12.1. The van der Waals surface area contributed by atoms with Crippen LogP contribution in [0.3, 0.4) is 0 Å². The summed E-state index contributed by atoms with van der Waals surface area (Å²) in [6.45, 7) is 1.45. The molecule has 1 saturated carbocycles. The first kappa shape index (κ1) is 15.3. The number of halogens is 1. The van der Waals surface area contributed by atoms with Crippen LogP contribution in [0.1, 0.15) is 31.2 Å². The van der Waals surface area contributed by atoms with E-state index in [1.54, 1.807) is 0 Å². The minimum Gasteiger partial charge on any atom is -0.356 e. The van der Waals surface area contributed by atoms with E-state index in [4.69, 9.17) is 17.3 Å². The van der Waals surface area contributed by atoms with Crippen molar-refractivity contribution in [3.05, 3.63) is 34.9 Å². The first-order valence-corrected chi connectivity index (χ1v) is 7.79. The van der Waals surface area contributed by atoms with Crippen LogP contribution in [0.2, 0.25) is 5.02 Å². The van der Waals surface area contributed by atoms with Crippen LogP contribution in [-0.2, 0) is 11.2 Å². The summed E-state index contributed by atoms with van der Waals surface area (Å²) in [5.74, 6) is 1.01. The molecule has 3 N–H and O–H groups in total. The van der Waals surface area contributed by atoms with Crippen LogP contribution >= 0.6 is 11.6 Å². The smallest absolute Gasteiger partial charge is 0.223 e. The fourth-order valence-corrected chi connectivity index (χ4v) is 2.91. The SMILES string of the molecule is NCC1CCC(C(=O)NCCc2ccc(Cl)cc2)CC1. The van der Waals surface area contributed by atoms with E-state index < -0.39 is 0 Å². The fourth-order valence-electron chi connectivity index (χ4n) is 2.79. The Bertz CT molecular complexity index is 425. The summed E-state index contributed by atoms with van der Waals surface area (Å²) >= 11 is 5.84. The lowest BCUT2D eigenvalue weighted by Crippen LogP contribution is -2.35. The zero-order chi connectivity index (χ0) is 14.4. The highest BCUT2D eigenvalue weighted by Crippen LogP contribution is 2.28. The Hall–Kier alpha value is -1.06. The van der Waals surface area contributed by atoms with Gasteiger partial charge in [0.1, 0.15) is 0 Å². The van der Waals surface area contributed by atoms with E-state index in [1.807, 2.05) is 24.3 Å². The Labute approximate surface area is 125 Å². The molecule has 3 nitrogen and oxygen atoms in total. The monoisotopic (exact) mass is 294 g/mol. The van der Waals surface area contributed by atoms with Gasteiger partial charge in [-0.1, -0.05) is 23.7 Å². The van der Waals surface area contributed by atoms with Gasteiger partial charge in [0.05, 0.1) is 0 Å². The minimum atomic E-state index is 0.183. The number of hydrogen-bond donors (Lipinski definition) is 2. The zero-order valence-corrected chi connectivity index (χ0v) is 12.5. The number of rotatable bonds is 5. The molecule has 20 heavy (non-hydrogen) atoms. The van der Waals surface area contributed by atoms with Crippen molar-refractivity contribution in [1.82, 2.24) is 5.32 Å². The predicted molar refractivity (Wildman–Crippen MR) is 82.7 cm³/mol. The molecular formula is C16H23ClN2O. The molecule has 0 bridgehead atoms. The molecule has 110 valence electrons. The first-order chi connectivity index (χ1) is 9.69. The van der Waals surface area contributed by atoms with E-state index in [0.717, 1.165) is 43.7 Å². The standard InChI is InChI=1S/C16H23ClN2O/c17-15-7-3-12(4-8-15)9-10-19-16(20)14-5-1-13(11-18)2-6-14/h3-4,7-8,13-14H,1-2,5-6,9-11,18H2,(H,19,20). The quantitative estimate of drug-likeness (QED) is 0.877. The van der Waals surface area contributed by atoms with Crippen molar-refractivity contribution in [1.29, 1.82) is 0 Å². The summed E-state index contributed by atoms with van der Waals surface area (Å²) in [6.07, 6.45) is 4.99. The van der Waals surface area contributed by atoms with Gasteiger partial charge in [0, 0.05) is 17.5 Å². The van der Waals surface area contributed by atoms with Crippen LogP contribution in [0.15, 0.2) is 24.3 Å². The van der Waals surface area contributed by atoms with Crippen LogP contribution in [0, 0.1) is 11.8 Å². The lowest BCUT2D eigenvalue weighted by molar-refractivity contribution is -0.126. The van der Waals surface area contributed by atoms with Crippen molar-refractivity contribution >= 4 is 17.5 Å². The third kappa shape index (κ3) is 4.50.